The summed E-state index contributed by atoms with van der Waals surface area (Å²) in [5, 5.41) is 8.60. The maximum absolute atomic E-state index is 8.60. The fourth-order valence-corrected chi connectivity index (χ4v) is 2.05. The first kappa shape index (κ1) is 13.1. The van der Waals surface area contributed by atoms with Crippen LogP contribution in [0.2, 0.25) is 0 Å². The van der Waals surface area contributed by atoms with E-state index >= 15 is 0 Å². The van der Waals surface area contributed by atoms with E-state index in [-0.39, 0.29) is 6.61 Å². The number of hydrogen-bond acceptors (Lipinski definition) is 2. The van der Waals surface area contributed by atoms with Gasteiger partial charge in [-0.1, -0.05) is 43.2 Å². The number of rotatable bonds is 5. The predicted octanol–water partition coefficient (Wildman–Crippen LogP) is 2.74. The number of hydrogen-bond donors (Lipinski definition) is 1. The summed E-state index contributed by atoms with van der Waals surface area (Å²) in [5.41, 5.74) is 2.11. The van der Waals surface area contributed by atoms with Gasteiger partial charge in [0, 0.05) is 12.2 Å². The largest absolute Gasteiger partial charge is 0.384 e. The van der Waals surface area contributed by atoms with Gasteiger partial charge in [-0.05, 0) is 30.0 Å². The van der Waals surface area contributed by atoms with Crippen LogP contribution in [0.15, 0.2) is 24.3 Å². The van der Waals surface area contributed by atoms with Crippen LogP contribution in [0.25, 0.3) is 0 Å². The van der Waals surface area contributed by atoms with Crippen LogP contribution in [0.1, 0.15) is 36.8 Å². The lowest BCUT2D eigenvalue weighted by atomic mass is 9.83. The molecule has 0 spiro atoms. The zero-order chi connectivity index (χ0) is 12.6. The summed E-state index contributed by atoms with van der Waals surface area (Å²) < 4.78 is 5.67. The lowest BCUT2D eigenvalue weighted by Gasteiger charge is -2.24. The van der Waals surface area contributed by atoms with Crippen molar-refractivity contribution in [2.75, 3.05) is 13.2 Å². The van der Waals surface area contributed by atoms with Crippen LogP contribution in [-0.4, -0.2) is 18.3 Å². The summed E-state index contributed by atoms with van der Waals surface area (Å²) in [6.45, 7) is 1.46. The molecule has 1 saturated carbocycles. The number of ether oxygens (including phenoxy) is 1. The second kappa shape index (κ2) is 7.20. The molecule has 2 rings (SSSR count). The van der Waals surface area contributed by atoms with E-state index in [1.807, 2.05) is 24.3 Å². The molecular formula is C16H20O2. The van der Waals surface area contributed by atoms with E-state index in [9.17, 15) is 0 Å². The van der Waals surface area contributed by atoms with Gasteiger partial charge in [-0.15, -0.1) is 0 Å². The minimum absolute atomic E-state index is 0.0912. The van der Waals surface area contributed by atoms with Gasteiger partial charge in [0.15, 0.2) is 0 Å². The highest BCUT2D eigenvalue weighted by molar-refractivity contribution is 5.35. The Balaban J connectivity index is 1.68. The highest BCUT2D eigenvalue weighted by atomic mass is 16.5. The summed E-state index contributed by atoms with van der Waals surface area (Å²) in [7, 11) is 0. The Kier molecular flexibility index (Phi) is 5.26. The Hall–Kier alpha value is -1.30. The van der Waals surface area contributed by atoms with E-state index in [4.69, 9.17) is 9.84 Å². The number of aliphatic hydroxyl groups excluding tert-OH is 1. The summed E-state index contributed by atoms with van der Waals surface area (Å²) >= 11 is 0. The van der Waals surface area contributed by atoms with Crippen molar-refractivity contribution in [1.29, 1.82) is 0 Å². The van der Waals surface area contributed by atoms with E-state index in [2.05, 4.69) is 11.8 Å². The van der Waals surface area contributed by atoms with Crippen LogP contribution in [0, 0.1) is 17.8 Å². The zero-order valence-electron chi connectivity index (χ0n) is 10.7. The smallest absolute Gasteiger partial charge is 0.104 e. The minimum atomic E-state index is -0.0912. The molecule has 96 valence electrons. The lowest BCUT2D eigenvalue weighted by Crippen LogP contribution is -2.13. The van der Waals surface area contributed by atoms with Crippen LogP contribution >= 0.6 is 0 Å². The van der Waals surface area contributed by atoms with Gasteiger partial charge in [0.05, 0.1) is 6.61 Å². The van der Waals surface area contributed by atoms with Gasteiger partial charge in [0.1, 0.15) is 6.61 Å². The normalized spacial score (nSPS) is 14.7. The quantitative estimate of drug-likeness (QED) is 0.637. The molecule has 1 fully saturated rings. The van der Waals surface area contributed by atoms with Crippen molar-refractivity contribution in [2.45, 2.75) is 32.3 Å². The SMILES string of the molecule is OCC#Cc1ccc(COCCC2CCC2)cc1. The third-order valence-electron chi connectivity index (χ3n) is 3.43. The summed E-state index contributed by atoms with van der Waals surface area (Å²) in [6.07, 6.45) is 5.39. The molecule has 1 aromatic carbocycles. The zero-order valence-corrected chi connectivity index (χ0v) is 10.7. The van der Waals surface area contributed by atoms with Crippen LogP contribution in [0.5, 0.6) is 0 Å². The maximum Gasteiger partial charge on any atom is 0.104 e. The maximum atomic E-state index is 8.60. The summed E-state index contributed by atoms with van der Waals surface area (Å²) in [4.78, 5) is 0. The number of aliphatic hydroxyl groups is 1. The van der Waals surface area contributed by atoms with Gasteiger partial charge < -0.3 is 9.84 Å². The molecule has 0 saturated heterocycles. The van der Waals surface area contributed by atoms with Crippen LogP contribution in [0.3, 0.4) is 0 Å². The first-order valence-corrected chi connectivity index (χ1v) is 6.65. The Bertz CT molecular complexity index is 407. The Morgan fingerprint density at radius 1 is 1.22 bits per heavy atom. The average molecular weight is 244 g/mol. The van der Waals surface area contributed by atoms with Gasteiger partial charge in [0.2, 0.25) is 0 Å². The monoisotopic (exact) mass is 244 g/mol. The van der Waals surface area contributed by atoms with Gasteiger partial charge >= 0.3 is 0 Å². The minimum Gasteiger partial charge on any atom is -0.384 e. The Morgan fingerprint density at radius 2 is 2.00 bits per heavy atom. The topological polar surface area (TPSA) is 29.5 Å². The fraction of sp³-hybridized carbons (Fsp3) is 0.500. The van der Waals surface area contributed by atoms with Crippen molar-refractivity contribution in [2.24, 2.45) is 5.92 Å². The first-order valence-electron chi connectivity index (χ1n) is 6.65. The lowest BCUT2D eigenvalue weighted by molar-refractivity contribution is 0.0950. The van der Waals surface area contributed by atoms with E-state index in [1.165, 1.54) is 31.2 Å². The van der Waals surface area contributed by atoms with Crippen molar-refractivity contribution < 1.29 is 9.84 Å². The summed E-state index contributed by atoms with van der Waals surface area (Å²) in [5.74, 6) is 6.43. The van der Waals surface area contributed by atoms with E-state index < -0.39 is 0 Å². The molecule has 2 heteroatoms. The fourth-order valence-electron chi connectivity index (χ4n) is 2.05. The molecule has 0 bridgehead atoms. The average Bonchev–Trinajstić information content (AvgIpc) is 2.35. The second-order valence-corrected chi connectivity index (χ2v) is 4.80. The van der Waals surface area contributed by atoms with Gasteiger partial charge in [-0.3, -0.25) is 0 Å². The highest BCUT2D eigenvalue weighted by Crippen LogP contribution is 2.29. The molecule has 1 aromatic rings. The molecule has 0 atom stereocenters. The third kappa shape index (κ3) is 4.18. The Morgan fingerprint density at radius 3 is 2.61 bits per heavy atom. The van der Waals surface area contributed by atoms with Crippen molar-refractivity contribution >= 4 is 0 Å². The third-order valence-corrected chi connectivity index (χ3v) is 3.43. The molecule has 0 aliphatic heterocycles. The Labute approximate surface area is 109 Å². The molecule has 1 aliphatic carbocycles. The van der Waals surface area contributed by atoms with Gasteiger partial charge in [-0.25, -0.2) is 0 Å². The van der Waals surface area contributed by atoms with Crippen molar-refractivity contribution in [3.05, 3.63) is 35.4 Å². The van der Waals surface area contributed by atoms with Crippen LogP contribution in [0.4, 0.5) is 0 Å². The first-order chi connectivity index (χ1) is 8.88. The van der Waals surface area contributed by atoms with E-state index in [1.54, 1.807) is 0 Å². The molecule has 0 heterocycles. The van der Waals surface area contributed by atoms with Gasteiger partial charge in [0.25, 0.3) is 0 Å². The standard InChI is InChI=1S/C16H20O2/c17-11-2-5-15-6-8-16(9-7-15)13-18-12-10-14-3-1-4-14/h6-9,14,17H,1,3-4,10-13H2. The molecule has 1 aliphatic rings. The molecule has 18 heavy (non-hydrogen) atoms. The van der Waals surface area contributed by atoms with Crippen molar-refractivity contribution in [3.8, 4) is 11.8 Å². The predicted molar refractivity (Wildman–Crippen MR) is 72.0 cm³/mol. The molecule has 2 nitrogen and oxygen atoms in total. The second-order valence-electron chi connectivity index (χ2n) is 4.80. The van der Waals surface area contributed by atoms with E-state index in [0.717, 1.165) is 18.1 Å². The van der Waals surface area contributed by atoms with Gasteiger partial charge in [-0.2, -0.15) is 0 Å². The van der Waals surface area contributed by atoms with Crippen LogP contribution < -0.4 is 0 Å². The molecule has 0 amide bonds. The van der Waals surface area contributed by atoms with Crippen molar-refractivity contribution in [1.82, 2.24) is 0 Å². The van der Waals surface area contributed by atoms with Crippen LogP contribution in [-0.2, 0) is 11.3 Å². The molecular weight excluding hydrogens is 224 g/mol. The molecule has 0 radical (unpaired) electrons. The van der Waals surface area contributed by atoms with E-state index in [0.29, 0.717) is 6.61 Å². The van der Waals surface area contributed by atoms with Crippen molar-refractivity contribution in [3.63, 3.8) is 0 Å². The highest BCUT2D eigenvalue weighted by Gasteiger charge is 2.16. The number of benzene rings is 1. The molecule has 1 N–H and O–H groups in total. The summed E-state index contributed by atoms with van der Waals surface area (Å²) in [6, 6.07) is 8.00. The molecule has 0 aromatic heterocycles. The molecule has 0 unspecified atom stereocenters.